The van der Waals surface area contributed by atoms with E-state index in [-0.39, 0.29) is 0 Å². The molecule has 0 aromatic heterocycles. The Morgan fingerprint density at radius 2 is 1.94 bits per heavy atom. The summed E-state index contributed by atoms with van der Waals surface area (Å²) in [5, 5.41) is -0.582. The fraction of sp³-hybridized carbons (Fsp3) is 0.769. The van der Waals surface area contributed by atoms with Crippen molar-refractivity contribution in [3.63, 3.8) is 0 Å². The summed E-state index contributed by atoms with van der Waals surface area (Å²) in [6.45, 7) is 12.5. The summed E-state index contributed by atoms with van der Waals surface area (Å²) in [4.78, 5) is 10.6. The molecule has 0 fully saturated rings. The Hall–Kier alpha value is 0.00688. The number of carbonyl (C=O) groups excluding carboxylic acids is 1. The number of halogens is 2. The Morgan fingerprint density at radius 1 is 1.39 bits per heavy atom. The van der Waals surface area contributed by atoms with Crippen LogP contribution in [0.5, 0.6) is 0 Å². The van der Waals surface area contributed by atoms with E-state index in [1.54, 1.807) is 6.08 Å². The van der Waals surface area contributed by atoms with Gasteiger partial charge in [0.15, 0.2) is 0 Å². The van der Waals surface area contributed by atoms with Gasteiger partial charge in [0, 0.05) is 0 Å². The SMILES string of the molecule is C=CC(CCCCC)(OC(=O)C(Cl)Cl)[Si](C)(C)C. The molecule has 106 valence electrons. The molecule has 0 heterocycles. The van der Waals surface area contributed by atoms with Gasteiger partial charge in [-0.3, -0.25) is 0 Å². The molecule has 2 nitrogen and oxygen atoms in total. The molecule has 18 heavy (non-hydrogen) atoms. The highest BCUT2D eigenvalue weighted by Crippen LogP contribution is 2.33. The van der Waals surface area contributed by atoms with Gasteiger partial charge in [0.25, 0.3) is 0 Å². The quantitative estimate of drug-likeness (QED) is 0.213. The summed E-state index contributed by atoms with van der Waals surface area (Å²) >= 11 is 11.1. The highest BCUT2D eigenvalue weighted by molar-refractivity contribution is 6.79. The molecule has 0 spiro atoms. The normalized spacial score (nSPS) is 15.3. The third-order valence-electron chi connectivity index (χ3n) is 3.21. The number of alkyl halides is 2. The maximum atomic E-state index is 11.7. The molecule has 0 rings (SSSR count). The number of ether oxygens (including phenoxy) is 1. The molecule has 1 atom stereocenters. The zero-order valence-corrected chi connectivity index (χ0v) is 14.3. The van der Waals surface area contributed by atoms with Crippen molar-refractivity contribution in [2.24, 2.45) is 0 Å². The fourth-order valence-electron chi connectivity index (χ4n) is 1.89. The molecule has 0 bridgehead atoms. The van der Waals surface area contributed by atoms with Crippen molar-refractivity contribution in [1.82, 2.24) is 0 Å². The van der Waals surface area contributed by atoms with Crippen LogP contribution in [0.3, 0.4) is 0 Å². The monoisotopic (exact) mass is 310 g/mol. The summed E-state index contributed by atoms with van der Waals surface area (Å²) in [5.74, 6) is -0.572. The van der Waals surface area contributed by atoms with E-state index in [4.69, 9.17) is 27.9 Å². The summed E-state index contributed by atoms with van der Waals surface area (Å²) in [5.41, 5.74) is 0. The third-order valence-corrected chi connectivity index (χ3v) is 6.66. The molecule has 0 aromatic rings. The number of esters is 1. The van der Waals surface area contributed by atoms with Crippen LogP contribution in [0.4, 0.5) is 0 Å². The molecule has 0 saturated heterocycles. The van der Waals surface area contributed by atoms with Gasteiger partial charge in [0.05, 0.1) is 0 Å². The molecule has 5 heteroatoms. The van der Waals surface area contributed by atoms with Crippen LogP contribution in [-0.4, -0.2) is 24.1 Å². The van der Waals surface area contributed by atoms with E-state index in [9.17, 15) is 4.79 Å². The molecule has 0 aliphatic carbocycles. The smallest absolute Gasteiger partial charge is 0.339 e. The standard InChI is InChI=1S/C13H24Cl2O2Si/c1-6-8-9-10-13(7-2,18(3,4)5)17-12(16)11(14)15/h7,11H,2,6,8-10H2,1,3-5H3. The van der Waals surface area contributed by atoms with Crippen LogP contribution < -0.4 is 0 Å². The summed E-state index contributed by atoms with van der Waals surface area (Å²) < 4.78 is 5.60. The second kappa shape index (κ2) is 7.56. The minimum absolute atomic E-state index is 0.572. The Morgan fingerprint density at radius 3 is 2.28 bits per heavy atom. The van der Waals surface area contributed by atoms with Crippen molar-refractivity contribution in [1.29, 1.82) is 0 Å². The Kier molecular flexibility index (Phi) is 7.56. The van der Waals surface area contributed by atoms with Crippen molar-refractivity contribution in [2.45, 2.75) is 62.3 Å². The maximum Gasteiger partial charge on any atom is 0.339 e. The van der Waals surface area contributed by atoms with Crippen LogP contribution in [0.1, 0.15) is 32.6 Å². The maximum absolute atomic E-state index is 11.7. The Bertz CT molecular complexity index is 287. The highest BCUT2D eigenvalue weighted by Gasteiger charge is 2.44. The molecule has 0 N–H and O–H groups in total. The number of hydrogen-bond donors (Lipinski definition) is 0. The first-order valence-electron chi connectivity index (χ1n) is 6.35. The predicted octanol–water partition coefficient (Wildman–Crippen LogP) is 4.72. The van der Waals surface area contributed by atoms with Crippen molar-refractivity contribution in [3.05, 3.63) is 12.7 Å². The van der Waals surface area contributed by atoms with Crippen LogP contribution >= 0.6 is 23.2 Å². The van der Waals surface area contributed by atoms with Gasteiger partial charge in [-0.2, -0.15) is 0 Å². The van der Waals surface area contributed by atoms with Crippen molar-refractivity contribution in [2.75, 3.05) is 0 Å². The van der Waals surface area contributed by atoms with Gasteiger partial charge in [0.1, 0.15) is 13.3 Å². The molecular formula is C13H24Cl2O2Si. The van der Waals surface area contributed by atoms with Gasteiger partial charge in [0.2, 0.25) is 4.84 Å². The van der Waals surface area contributed by atoms with E-state index >= 15 is 0 Å². The van der Waals surface area contributed by atoms with Crippen LogP contribution in [0, 0.1) is 0 Å². The van der Waals surface area contributed by atoms with Gasteiger partial charge < -0.3 is 4.74 Å². The lowest BCUT2D eigenvalue weighted by atomic mass is 10.1. The van der Waals surface area contributed by atoms with E-state index in [2.05, 4.69) is 33.1 Å². The van der Waals surface area contributed by atoms with Gasteiger partial charge in [-0.1, -0.05) is 75.3 Å². The van der Waals surface area contributed by atoms with Crippen LogP contribution in [0.25, 0.3) is 0 Å². The summed E-state index contributed by atoms with van der Waals surface area (Å²) in [6, 6.07) is 0. The molecule has 0 aliphatic rings. The van der Waals surface area contributed by atoms with Gasteiger partial charge >= 0.3 is 5.97 Å². The van der Waals surface area contributed by atoms with Gasteiger partial charge in [-0.15, -0.1) is 0 Å². The minimum Gasteiger partial charge on any atom is -0.457 e. The average molecular weight is 311 g/mol. The molecule has 0 aliphatic heterocycles. The van der Waals surface area contributed by atoms with E-state index in [1.807, 2.05) is 0 Å². The summed E-state index contributed by atoms with van der Waals surface area (Å²) in [7, 11) is -1.77. The molecule has 0 saturated carbocycles. The Labute approximate surface area is 122 Å². The van der Waals surface area contributed by atoms with Crippen molar-refractivity contribution < 1.29 is 9.53 Å². The topological polar surface area (TPSA) is 26.3 Å². The molecular weight excluding hydrogens is 287 g/mol. The number of unbranched alkanes of at least 4 members (excludes halogenated alkanes) is 2. The average Bonchev–Trinajstić information content (AvgIpc) is 2.25. The largest absolute Gasteiger partial charge is 0.457 e. The molecule has 0 radical (unpaired) electrons. The molecule has 1 unspecified atom stereocenters. The van der Waals surface area contributed by atoms with E-state index in [0.29, 0.717) is 0 Å². The molecule has 0 amide bonds. The zero-order chi connectivity index (χ0) is 14.4. The van der Waals surface area contributed by atoms with E-state index in [1.165, 1.54) is 0 Å². The zero-order valence-electron chi connectivity index (χ0n) is 11.8. The van der Waals surface area contributed by atoms with Crippen LogP contribution in [0.15, 0.2) is 12.7 Å². The lowest BCUT2D eigenvalue weighted by Crippen LogP contribution is -2.54. The van der Waals surface area contributed by atoms with E-state index < -0.39 is 24.1 Å². The number of rotatable bonds is 8. The van der Waals surface area contributed by atoms with Gasteiger partial charge in [-0.25, -0.2) is 4.79 Å². The third kappa shape index (κ3) is 4.94. The van der Waals surface area contributed by atoms with Gasteiger partial charge in [-0.05, 0) is 12.8 Å². The van der Waals surface area contributed by atoms with Crippen molar-refractivity contribution in [3.8, 4) is 0 Å². The first kappa shape index (κ1) is 18.0. The minimum atomic E-state index is -1.77. The lowest BCUT2D eigenvalue weighted by Gasteiger charge is -2.41. The van der Waals surface area contributed by atoms with E-state index in [0.717, 1.165) is 25.7 Å². The second-order valence-electron chi connectivity index (χ2n) is 5.52. The Balaban J connectivity index is 5.00. The van der Waals surface area contributed by atoms with Crippen molar-refractivity contribution >= 4 is 37.2 Å². The number of carbonyl (C=O) groups is 1. The van der Waals surface area contributed by atoms with Crippen LogP contribution in [-0.2, 0) is 9.53 Å². The fourth-order valence-corrected chi connectivity index (χ4v) is 3.93. The highest BCUT2D eigenvalue weighted by atomic mass is 35.5. The van der Waals surface area contributed by atoms with Crippen LogP contribution in [0.2, 0.25) is 19.6 Å². The number of hydrogen-bond acceptors (Lipinski definition) is 2. The first-order chi connectivity index (χ1) is 8.20. The lowest BCUT2D eigenvalue weighted by molar-refractivity contribution is -0.148. The molecule has 0 aromatic carbocycles. The first-order valence-corrected chi connectivity index (χ1v) is 10.7. The second-order valence-corrected chi connectivity index (χ2v) is 12.0. The summed E-state index contributed by atoms with van der Waals surface area (Å²) in [6.07, 6.45) is 5.81. The predicted molar refractivity (Wildman–Crippen MR) is 82.0 cm³/mol.